The van der Waals surface area contributed by atoms with Crippen LogP contribution in [0, 0.1) is 0 Å². The fourth-order valence-corrected chi connectivity index (χ4v) is 3.13. The maximum Gasteiger partial charge on any atom is 0.0931 e. The zero-order valence-electron chi connectivity index (χ0n) is 10.1. The van der Waals surface area contributed by atoms with Crippen molar-refractivity contribution in [2.75, 3.05) is 33.4 Å². The lowest BCUT2D eigenvalue weighted by Gasteiger charge is -2.25. The third kappa shape index (κ3) is 4.56. The maximum absolute atomic E-state index is 5.92. The first-order valence-corrected chi connectivity index (χ1v) is 7.17. The molecule has 1 N–H and O–H groups in total. The van der Waals surface area contributed by atoms with Gasteiger partial charge in [-0.25, -0.2) is 0 Å². The molecule has 1 atom stereocenters. The number of thiophene rings is 1. The number of nitrogens with zero attached hydrogens (tertiary/aromatic N) is 1. The molecule has 1 aromatic heterocycles. The Kier molecular flexibility index (Phi) is 5.25. The van der Waals surface area contributed by atoms with E-state index >= 15 is 0 Å². The second-order valence-electron chi connectivity index (χ2n) is 4.46. The van der Waals surface area contributed by atoms with Crippen LogP contribution < -0.4 is 5.32 Å². The van der Waals surface area contributed by atoms with Crippen LogP contribution in [0.2, 0.25) is 4.34 Å². The second-order valence-corrected chi connectivity index (χ2v) is 6.26. The lowest BCUT2D eigenvalue weighted by atomic mass is 10.2. The number of rotatable bonds is 5. The second kappa shape index (κ2) is 6.71. The first-order chi connectivity index (χ1) is 8.24. The minimum Gasteiger partial charge on any atom is -0.379 e. The molecule has 1 aromatic rings. The molecule has 96 valence electrons. The van der Waals surface area contributed by atoms with Crippen molar-refractivity contribution in [3.05, 3.63) is 21.3 Å². The molecule has 1 saturated heterocycles. The molecule has 0 saturated carbocycles. The molecule has 1 unspecified atom stereocenters. The summed E-state index contributed by atoms with van der Waals surface area (Å²) in [5, 5.41) is 3.47. The predicted molar refractivity (Wildman–Crippen MR) is 72.9 cm³/mol. The fraction of sp³-hybridized carbons (Fsp3) is 0.667. The Labute approximate surface area is 112 Å². The third-order valence-corrected chi connectivity index (χ3v) is 4.13. The summed E-state index contributed by atoms with van der Waals surface area (Å²) < 4.78 is 6.31. The van der Waals surface area contributed by atoms with E-state index in [-0.39, 0.29) is 0 Å². The maximum atomic E-state index is 5.92. The molecule has 0 spiro atoms. The molecule has 0 aromatic carbocycles. The highest BCUT2D eigenvalue weighted by atomic mass is 35.5. The summed E-state index contributed by atoms with van der Waals surface area (Å²) in [6.45, 7) is 4.73. The van der Waals surface area contributed by atoms with Crippen molar-refractivity contribution < 1.29 is 4.74 Å². The summed E-state index contributed by atoms with van der Waals surface area (Å²) >= 11 is 7.58. The normalized spacial score (nSPS) is 21.0. The van der Waals surface area contributed by atoms with Gasteiger partial charge in [0.1, 0.15) is 0 Å². The quantitative estimate of drug-likeness (QED) is 0.891. The average molecular weight is 275 g/mol. The third-order valence-electron chi connectivity index (χ3n) is 2.91. The molecular formula is C12H19ClN2OS. The van der Waals surface area contributed by atoms with Gasteiger partial charge in [0.05, 0.1) is 17.6 Å². The molecule has 1 aliphatic heterocycles. The molecule has 17 heavy (non-hydrogen) atoms. The van der Waals surface area contributed by atoms with Gasteiger partial charge in [-0.15, -0.1) is 11.3 Å². The number of halogens is 1. The molecule has 3 nitrogen and oxygen atoms in total. The molecule has 0 radical (unpaired) electrons. The Bertz CT molecular complexity index is 339. The predicted octanol–water partition coefficient (Wildman–Crippen LogP) is 2.21. The van der Waals surface area contributed by atoms with Crippen molar-refractivity contribution in [1.82, 2.24) is 10.2 Å². The highest BCUT2D eigenvalue weighted by Crippen LogP contribution is 2.22. The molecule has 1 fully saturated rings. The van der Waals surface area contributed by atoms with E-state index in [1.54, 1.807) is 11.3 Å². The van der Waals surface area contributed by atoms with Crippen LogP contribution in [-0.2, 0) is 11.3 Å². The Balaban J connectivity index is 1.68. The SMILES string of the molecule is CN(CCC1COCCN1)Cc1ccc(Cl)s1. The van der Waals surface area contributed by atoms with E-state index in [0.29, 0.717) is 6.04 Å². The molecular weight excluding hydrogens is 256 g/mol. The van der Waals surface area contributed by atoms with Gasteiger partial charge < -0.3 is 15.0 Å². The Morgan fingerprint density at radius 3 is 3.12 bits per heavy atom. The van der Waals surface area contributed by atoms with E-state index < -0.39 is 0 Å². The van der Waals surface area contributed by atoms with E-state index in [0.717, 1.165) is 43.6 Å². The van der Waals surface area contributed by atoms with Crippen LogP contribution in [0.25, 0.3) is 0 Å². The van der Waals surface area contributed by atoms with Gasteiger partial charge in [0, 0.05) is 24.0 Å². The highest BCUT2D eigenvalue weighted by molar-refractivity contribution is 7.16. The Hall–Kier alpha value is -0.130. The van der Waals surface area contributed by atoms with Gasteiger partial charge in [-0.2, -0.15) is 0 Å². The summed E-state index contributed by atoms with van der Waals surface area (Å²) in [7, 11) is 2.15. The van der Waals surface area contributed by atoms with Gasteiger partial charge in [-0.1, -0.05) is 11.6 Å². The van der Waals surface area contributed by atoms with Crippen molar-refractivity contribution in [2.45, 2.75) is 19.0 Å². The Morgan fingerprint density at radius 1 is 1.59 bits per heavy atom. The fourth-order valence-electron chi connectivity index (χ4n) is 1.96. The summed E-state index contributed by atoms with van der Waals surface area (Å²) in [6.07, 6.45) is 1.13. The van der Waals surface area contributed by atoms with Crippen LogP contribution in [0.3, 0.4) is 0 Å². The minimum absolute atomic E-state index is 0.512. The standard InChI is InChI=1S/C12H19ClN2OS/c1-15(8-11-2-3-12(13)17-11)6-4-10-9-16-7-5-14-10/h2-3,10,14H,4-9H2,1H3. The van der Waals surface area contributed by atoms with Crippen molar-refractivity contribution in [2.24, 2.45) is 0 Å². The number of ether oxygens (including phenoxy) is 1. The number of nitrogens with one attached hydrogen (secondary N) is 1. The van der Waals surface area contributed by atoms with Crippen LogP contribution in [-0.4, -0.2) is 44.3 Å². The van der Waals surface area contributed by atoms with Gasteiger partial charge in [0.15, 0.2) is 0 Å². The summed E-state index contributed by atoms with van der Waals surface area (Å²) in [4.78, 5) is 3.66. The van der Waals surface area contributed by atoms with E-state index in [9.17, 15) is 0 Å². The van der Waals surface area contributed by atoms with Crippen LogP contribution in [0.4, 0.5) is 0 Å². The Morgan fingerprint density at radius 2 is 2.47 bits per heavy atom. The van der Waals surface area contributed by atoms with Gasteiger partial charge in [-0.05, 0) is 32.1 Å². The zero-order chi connectivity index (χ0) is 12.1. The lowest BCUT2D eigenvalue weighted by Crippen LogP contribution is -2.42. The van der Waals surface area contributed by atoms with Crippen molar-refractivity contribution in [3.8, 4) is 0 Å². The van der Waals surface area contributed by atoms with Gasteiger partial charge in [-0.3, -0.25) is 0 Å². The van der Waals surface area contributed by atoms with Crippen LogP contribution in [0.5, 0.6) is 0 Å². The smallest absolute Gasteiger partial charge is 0.0931 e. The first-order valence-electron chi connectivity index (χ1n) is 5.98. The molecule has 1 aliphatic rings. The molecule has 2 heterocycles. The van der Waals surface area contributed by atoms with Crippen molar-refractivity contribution in [1.29, 1.82) is 0 Å². The molecule has 0 bridgehead atoms. The van der Waals surface area contributed by atoms with Gasteiger partial charge in [0.25, 0.3) is 0 Å². The topological polar surface area (TPSA) is 24.5 Å². The summed E-state index contributed by atoms with van der Waals surface area (Å²) in [6, 6.07) is 4.58. The largest absolute Gasteiger partial charge is 0.379 e. The number of hydrogen-bond acceptors (Lipinski definition) is 4. The lowest BCUT2D eigenvalue weighted by molar-refractivity contribution is 0.0708. The van der Waals surface area contributed by atoms with Gasteiger partial charge in [0.2, 0.25) is 0 Å². The molecule has 0 aliphatic carbocycles. The molecule has 0 amide bonds. The number of hydrogen-bond donors (Lipinski definition) is 1. The van der Waals surface area contributed by atoms with Crippen LogP contribution >= 0.6 is 22.9 Å². The van der Waals surface area contributed by atoms with Crippen molar-refractivity contribution in [3.63, 3.8) is 0 Å². The number of morpholine rings is 1. The highest BCUT2D eigenvalue weighted by Gasteiger charge is 2.13. The van der Waals surface area contributed by atoms with E-state index in [4.69, 9.17) is 16.3 Å². The van der Waals surface area contributed by atoms with Crippen molar-refractivity contribution >= 4 is 22.9 Å². The zero-order valence-corrected chi connectivity index (χ0v) is 11.7. The van der Waals surface area contributed by atoms with Crippen LogP contribution in [0.1, 0.15) is 11.3 Å². The monoisotopic (exact) mass is 274 g/mol. The van der Waals surface area contributed by atoms with E-state index in [1.165, 1.54) is 4.88 Å². The summed E-state index contributed by atoms with van der Waals surface area (Å²) in [5.74, 6) is 0. The minimum atomic E-state index is 0.512. The molecule has 2 rings (SSSR count). The van der Waals surface area contributed by atoms with E-state index in [1.807, 2.05) is 6.07 Å². The molecule has 5 heteroatoms. The van der Waals surface area contributed by atoms with E-state index in [2.05, 4.69) is 23.3 Å². The first kappa shape index (κ1) is 13.3. The summed E-state index contributed by atoms with van der Waals surface area (Å²) in [5.41, 5.74) is 0. The average Bonchev–Trinajstić information content (AvgIpc) is 2.73. The van der Waals surface area contributed by atoms with Crippen LogP contribution in [0.15, 0.2) is 12.1 Å². The van der Waals surface area contributed by atoms with Gasteiger partial charge >= 0.3 is 0 Å².